The van der Waals surface area contributed by atoms with E-state index in [1.165, 1.54) is 5.56 Å². The number of likely N-dealkylation sites (N-methyl/N-ethyl adjacent to an activating group) is 1. The SMILES string of the molecule is CCNCC(Cc1ccc(Cl)cc1Cl)c1ccc(Cl)cc1. The quantitative estimate of drug-likeness (QED) is 0.722. The first-order valence-corrected chi connectivity index (χ1v) is 8.13. The highest BCUT2D eigenvalue weighted by molar-refractivity contribution is 6.35. The Kier molecular flexibility index (Phi) is 6.38. The van der Waals surface area contributed by atoms with Crippen molar-refractivity contribution in [2.45, 2.75) is 19.3 Å². The van der Waals surface area contributed by atoms with Crippen LogP contribution in [0.25, 0.3) is 0 Å². The van der Waals surface area contributed by atoms with E-state index in [1.54, 1.807) is 6.07 Å². The summed E-state index contributed by atoms with van der Waals surface area (Å²) in [6.45, 7) is 3.95. The highest BCUT2D eigenvalue weighted by Crippen LogP contribution is 2.27. The summed E-state index contributed by atoms with van der Waals surface area (Å²) in [7, 11) is 0. The van der Waals surface area contributed by atoms with Crippen molar-refractivity contribution >= 4 is 34.8 Å². The molecule has 0 spiro atoms. The standard InChI is InChI=1S/C17H18Cl3N/c1-2-21-11-14(12-3-6-15(18)7-4-12)9-13-5-8-16(19)10-17(13)20/h3-8,10,14,21H,2,9,11H2,1H3. The molecule has 1 unspecified atom stereocenters. The van der Waals surface area contributed by atoms with Crippen LogP contribution in [0.4, 0.5) is 0 Å². The number of rotatable bonds is 6. The third-order valence-electron chi connectivity index (χ3n) is 3.46. The number of hydrogen-bond acceptors (Lipinski definition) is 1. The summed E-state index contributed by atoms with van der Waals surface area (Å²) in [5.41, 5.74) is 2.37. The van der Waals surface area contributed by atoms with Gasteiger partial charge >= 0.3 is 0 Å². The van der Waals surface area contributed by atoms with Crippen LogP contribution in [0.2, 0.25) is 15.1 Å². The Bertz CT molecular complexity index is 581. The lowest BCUT2D eigenvalue weighted by molar-refractivity contribution is 0.595. The third kappa shape index (κ3) is 4.89. The zero-order valence-electron chi connectivity index (χ0n) is 11.9. The van der Waals surface area contributed by atoms with Gasteiger partial charge in [0.15, 0.2) is 0 Å². The summed E-state index contributed by atoms with van der Waals surface area (Å²) in [6, 6.07) is 13.7. The van der Waals surface area contributed by atoms with Crippen molar-refractivity contribution in [3.8, 4) is 0 Å². The van der Waals surface area contributed by atoms with Gasteiger partial charge in [-0.25, -0.2) is 0 Å². The Morgan fingerprint density at radius 3 is 2.24 bits per heavy atom. The molecule has 1 atom stereocenters. The van der Waals surface area contributed by atoms with Crippen molar-refractivity contribution in [1.29, 1.82) is 0 Å². The molecule has 2 aromatic carbocycles. The first-order valence-electron chi connectivity index (χ1n) is 7.00. The Labute approximate surface area is 141 Å². The Hall–Kier alpha value is -0.730. The molecule has 1 N–H and O–H groups in total. The minimum Gasteiger partial charge on any atom is -0.316 e. The fraction of sp³-hybridized carbons (Fsp3) is 0.294. The van der Waals surface area contributed by atoms with Crippen LogP contribution in [0.5, 0.6) is 0 Å². The molecule has 0 fully saturated rings. The minimum atomic E-state index is 0.348. The predicted octanol–water partition coefficient (Wildman–Crippen LogP) is 5.58. The average Bonchev–Trinajstić information content (AvgIpc) is 2.46. The van der Waals surface area contributed by atoms with Crippen molar-refractivity contribution in [2.24, 2.45) is 0 Å². The topological polar surface area (TPSA) is 12.0 Å². The van der Waals surface area contributed by atoms with Gasteiger partial charge in [-0.2, -0.15) is 0 Å². The lowest BCUT2D eigenvalue weighted by atomic mass is 9.92. The van der Waals surface area contributed by atoms with Crippen molar-refractivity contribution in [1.82, 2.24) is 5.32 Å². The van der Waals surface area contributed by atoms with Crippen LogP contribution in [-0.4, -0.2) is 13.1 Å². The summed E-state index contributed by atoms with van der Waals surface area (Å²) in [5, 5.41) is 5.55. The van der Waals surface area contributed by atoms with Crippen molar-refractivity contribution in [3.63, 3.8) is 0 Å². The maximum atomic E-state index is 6.29. The third-order valence-corrected chi connectivity index (χ3v) is 4.30. The number of hydrogen-bond donors (Lipinski definition) is 1. The molecule has 0 saturated heterocycles. The average molecular weight is 343 g/mol. The van der Waals surface area contributed by atoms with E-state index < -0.39 is 0 Å². The fourth-order valence-corrected chi connectivity index (χ4v) is 2.93. The molecule has 0 aliphatic rings. The van der Waals surface area contributed by atoms with Crippen LogP contribution in [-0.2, 0) is 6.42 Å². The van der Waals surface area contributed by atoms with E-state index in [-0.39, 0.29) is 0 Å². The van der Waals surface area contributed by atoms with Gasteiger partial charge in [0.05, 0.1) is 0 Å². The van der Waals surface area contributed by atoms with E-state index >= 15 is 0 Å². The van der Waals surface area contributed by atoms with Gasteiger partial charge < -0.3 is 5.32 Å². The van der Waals surface area contributed by atoms with E-state index in [1.807, 2.05) is 24.3 Å². The first kappa shape index (κ1) is 16.6. The van der Waals surface area contributed by atoms with E-state index in [2.05, 4.69) is 24.4 Å². The molecule has 0 amide bonds. The zero-order valence-corrected chi connectivity index (χ0v) is 14.1. The van der Waals surface area contributed by atoms with Gasteiger partial charge in [0.2, 0.25) is 0 Å². The molecule has 0 aliphatic carbocycles. The molecule has 2 rings (SSSR count). The number of halogens is 3. The van der Waals surface area contributed by atoms with Crippen LogP contribution < -0.4 is 5.32 Å². The smallest absolute Gasteiger partial charge is 0.0453 e. The van der Waals surface area contributed by atoms with Crippen LogP contribution in [0, 0.1) is 0 Å². The van der Waals surface area contributed by atoms with E-state index in [9.17, 15) is 0 Å². The summed E-state index contributed by atoms with van der Waals surface area (Å²) < 4.78 is 0. The largest absolute Gasteiger partial charge is 0.316 e. The van der Waals surface area contributed by atoms with Gasteiger partial charge in [-0.3, -0.25) is 0 Å². The summed E-state index contributed by atoms with van der Waals surface area (Å²) in [4.78, 5) is 0. The summed E-state index contributed by atoms with van der Waals surface area (Å²) >= 11 is 18.2. The lowest BCUT2D eigenvalue weighted by Crippen LogP contribution is -2.22. The van der Waals surface area contributed by atoms with Crippen LogP contribution in [0.1, 0.15) is 24.0 Å². The Balaban J connectivity index is 2.21. The number of benzene rings is 2. The molecule has 0 radical (unpaired) electrons. The maximum Gasteiger partial charge on any atom is 0.0453 e. The van der Waals surface area contributed by atoms with Gasteiger partial charge in [-0.05, 0) is 48.4 Å². The summed E-state index contributed by atoms with van der Waals surface area (Å²) in [6.07, 6.45) is 0.866. The lowest BCUT2D eigenvalue weighted by Gasteiger charge is -2.19. The molecule has 0 heterocycles. The molecule has 2 aromatic rings. The van der Waals surface area contributed by atoms with Gasteiger partial charge in [0.1, 0.15) is 0 Å². The van der Waals surface area contributed by atoms with E-state index in [0.717, 1.165) is 35.1 Å². The molecule has 1 nitrogen and oxygen atoms in total. The summed E-state index contributed by atoms with van der Waals surface area (Å²) in [5.74, 6) is 0.348. The van der Waals surface area contributed by atoms with E-state index in [0.29, 0.717) is 10.9 Å². The minimum absolute atomic E-state index is 0.348. The molecule has 0 aromatic heterocycles. The van der Waals surface area contributed by atoms with Gasteiger partial charge in [-0.1, -0.05) is 59.9 Å². The molecule has 112 valence electrons. The molecule has 0 aliphatic heterocycles. The normalized spacial score (nSPS) is 12.4. The van der Waals surface area contributed by atoms with Gasteiger partial charge in [-0.15, -0.1) is 0 Å². The molecular formula is C17H18Cl3N. The second-order valence-corrected chi connectivity index (χ2v) is 6.28. The monoisotopic (exact) mass is 341 g/mol. The number of nitrogens with one attached hydrogen (secondary N) is 1. The maximum absolute atomic E-state index is 6.29. The van der Waals surface area contributed by atoms with E-state index in [4.69, 9.17) is 34.8 Å². The highest BCUT2D eigenvalue weighted by atomic mass is 35.5. The molecule has 0 bridgehead atoms. The predicted molar refractivity (Wildman–Crippen MR) is 92.9 cm³/mol. The Morgan fingerprint density at radius 2 is 1.62 bits per heavy atom. The van der Waals surface area contributed by atoms with Crippen LogP contribution in [0.3, 0.4) is 0 Å². The van der Waals surface area contributed by atoms with Crippen molar-refractivity contribution in [3.05, 3.63) is 68.7 Å². The van der Waals surface area contributed by atoms with Crippen LogP contribution in [0.15, 0.2) is 42.5 Å². The van der Waals surface area contributed by atoms with Gasteiger partial charge in [0.25, 0.3) is 0 Å². The van der Waals surface area contributed by atoms with Crippen molar-refractivity contribution in [2.75, 3.05) is 13.1 Å². The van der Waals surface area contributed by atoms with Crippen molar-refractivity contribution < 1.29 is 0 Å². The highest BCUT2D eigenvalue weighted by Gasteiger charge is 2.14. The molecule has 4 heteroatoms. The van der Waals surface area contributed by atoms with Crippen LogP contribution >= 0.6 is 34.8 Å². The second-order valence-electron chi connectivity index (χ2n) is 5.00. The second kappa shape index (κ2) is 8.05. The molecule has 21 heavy (non-hydrogen) atoms. The molecular weight excluding hydrogens is 325 g/mol. The van der Waals surface area contributed by atoms with Gasteiger partial charge in [0, 0.05) is 27.5 Å². The fourth-order valence-electron chi connectivity index (χ4n) is 2.31. The first-order chi connectivity index (χ1) is 10.1. The Morgan fingerprint density at radius 1 is 0.952 bits per heavy atom. The molecule has 0 saturated carbocycles. The zero-order chi connectivity index (χ0) is 15.2.